The van der Waals surface area contributed by atoms with Gasteiger partial charge in [-0.15, -0.1) is 0 Å². The smallest absolute Gasteiger partial charge is 0.269 e. The zero-order valence-corrected chi connectivity index (χ0v) is 15.6. The van der Waals surface area contributed by atoms with E-state index in [1.165, 1.54) is 18.2 Å². The third-order valence-electron chi connectivity index (χ3n) is 4.84. The average molecular weight is 389 g/mol. The maximum Gasteiger partial charge on any atom is 0.269 e. The molecule has 7 nitrogen and oxygen atoms in total. The van der Waals surface area contributed by atoms with Gasteiger partial charge in [-0.2, -0.15) is 0 Å². The lowest BCUT2D eigenvalue weighted by atomic mass is 10.2. The molecule has 1 aliphatic rings. The number of hydrogen-bond acceptors (Lipinski definition) is 5. The molecule has 1 unspecified atom stereocenters. The third kappa shape index (κ3) is 4.40. The van der Waals surface area contributed by atoms with Gasteiger partial charge in [-0.3, -0.25) is 14.9 Å². The van der Waals surface area contributed by atoms with E-state index in [1.54, 1.807) is 23.1 Å². The molecule has 2 heterocycles. The van der Waals surface area contributed by atoms with Crippen LogP contribution in [-0.4, -0.2) is 39.9 Å². The fourth-order valence-electron chi connectivity index (χ4n) is 3.29. The summed E-state index contributed by atoms with van der Waals surface area (Å²) in [6, 6.07) is 17.7. The van der Waals surface area contributed by atoms with Gasteiger partial charge in [-0.05, 0) is 35.9 Å². The lowest BCUT2D eigenvalue weighted by Crippen LogP contribution is -2.29. The monoisotopic (exact) mass is 389 g/mol. The van der Waals surface area contributed by atoms with Gasteiger partial charge in [0.2, 0.25) is 11.8 Å². The zero-order chi connectivity index (χ0) is 20.2. The number of carbonyl (C=O) groups excluding carboxylic acids is 1. The molecular formula is C22H19N3O4. The molecule has 0 N–H and O–H groups in total. The highest BCUT2D eigenvalue weighted by Gasteiger charge is 2.26. The van der Waals surface area contributed by atoms with Crippen molar-refractivity contribution >= 4 is 28.6 Å². The highest BCUT2D eigenvalue weighted by molar-refractivity contribution is 5.92. The fraction of sp³-hybridized carbons (Fsp3) is 0.182. The van der Waals surface area contributed by atoms with Gasteiger partial charge in [-0.1, -0.05) is 18.2 Å². The third-order valence-corrected chi connectivity index (χ3v) is 4.84. The summed E-state index contributed by atoms with van der Waals surface area (Å²) >= 11 is 0. The molecule has 0 spiro atoms. The summed E-state index contributed by atoms with van der Waals surface area (Å²) in [6.45, 7) is 1.11. The Morgan fingerprint density at radius 3 is 2.72 bits per heavy atom. The van der Waals surface area contributed by atoms with E-state index < -0.39 is 4.92 Å². The lowest BCUT2D eigenvalue weighted by Gasteiger charge is -2.15. The molecule has 1 atom stereocenters. The van der Waals surface area contributed by atoms with Crippen LogP contribution >= 0.6 is 0 Å². The number of aromatic nitrogens is 1. The van der Waals surface area contributed by atoms with Crippen LogP contribution in [0.2, 0.25) is 0 Å². The van der Waals surface area contributed by atoms with Crippen molar-refractivity contribution in [3.63, 3.8) is 0 Å². The van der Waals surface area contributed by atoms with Gasteiger partial charge >= 0.3 is 0 Å². The number of nitro groups is 1. The number of carbonyl (C=O) groups is 1. The summed E-state index contributed by atoms with van der Waals surface area (Å²) in [5, 5.41) is 11.7. The Morgan fingerprint density at radius 2 is 1.93 bits per heavy atom. The Labute approximate surface area is 167 Å². The van der Waals surface area contributed by atoms with Crippen molar-refractivity contribution in [2.24, 2.45) is 0 Å². The normalized spacial score (nSPS) is 16.4. The van der Waals surface area contributed by atoms with Crippen LogP contribution in [0.3, 0.4) is 0 Å². The Kier molecular flexibility index (Phi) is 5.20. The lowest BCUT2D eigenvalue weighted by molar-refractivity contribution is -0.384. The van der Waals surface area contributed by atoms with E-state index in [9.17, 15) is 14.9 Å². The highest BCUT2D eigenvalue weighted by atomic mass is 16.6. The quantitative estimate of drug-likeness (QED) is 0.376. The maximum atomic E-state index is 12.4. The van der Waals surface area contributed by atoms with Gasteiger partial charge in [0.1, 0.15) is 6.10 Å². The van der Waals surface area contributed by atoms with E-state index in [1.807, 2.05) is 36.4 Å². The number of pyridine rings is 1. The van der Waals surface area contributed by atoms with E-state index in [0.29, 0.717) is 19.0 Å². The SMILES string of the molecule is O=C(/C=C/c1ccc([N+](=O)[O-])cc1)N1CCC(Oc2ccc3ccccc3n2)C1. The minimum atomic E-state index is -0.451. The molecule has 1 aromatic heterocycles. The number of hydrogen-bond donors (Lipinski definition) is 0. The van der Waals surface area contributed by atoms with Crippen molar-refractivity contribution in [2.45, 2.75) is 12.5 Å². The van der Waals surface area contributed by atoms with E-state index >= 15 is 0 Å². The average Bonchev–Trinajstić information content (AvgIpc) is 3.21. The van der Waals surface area contributed by atoms with Crippen LogP contribution in [0.1, 0.15) is 12.0 Å². The van der Waals surface area contributed by atoms with Gasteiger partial charge in [0, 0.05) is 42.6 Å². The summed E-state index contributed by atoms with van der Waals surface area (Å²) in [6.07, 6.45) is 3.79. The molecular weight excluding hydrogens is 370 g/mol. The number of likely N-dealkylation sites (tertiary alicyclic amines) is 1. The molecule has 7 heteroatoms. The summed E-state index contributed by atoms with van der Waals surface area (Å²) in [5.41, 5.74) is 1.63. The van der Waals surface area contributed by atoms with Gasteiger partial charge in [-0.25, -0.2) is 4.98 Å². The van der Waals surface area contributed by atoms with E-state index in [-0.39, 0.29) is 17.7 Å². The summed E-state index contributed by atoms with van der Waals surface area (Å²) in [4.78, 5) is 28.9. The van der Waals surface area contributed by atoms with Crippen molar-refractivity contribution in [2.75, 3.05) is 13.1 Å². The second-order valence-electron chi connectivity index (χ2n) is 6.84. The first-order chi connectivity index (χ1) is 14.1. The minimum absolute atomic E-state index is 0.0234. The number of amides is 1. The Morgan fingerprint density at radius 1 is 1.14 bits per heavy atom. The first kappa shape index (κ1) is 18.6. The molecule has 146 valence electrons. The summed E-state index contributed by atoms with van der Waals surface area (Å²) in [5.74, 6) is 0.449. The predicted octanol–water partition coefficient (Wildman–Crippen LogP) is 3.84. The molecule has 0 saturated carbocycles. The van der Waals surface area contributed by atoms with Crippen molar-refractivity contribution in [3.05, 3.63) is 82.4 Å². The molecule has 2 aromatic carbocycles. The number of nitrogens with zero attached hydrogens (tertiary/aromatic N) is 3. The summed E-state index contributed by atoms with van der Waals surface area (Å²) < 4.78 is 5.97. The van der Waals surface area contributed by atoms with Gasteiger partial charge in [0.15, 0.2) is 0 Å². The summed E-state index contributed by atoms with van der Waals surface area (Å²) in [7, 11) is 0. The van der Waals surface area contributed by atoms with E-state index in [0.717, 1.165) is 22.9 Å². The van der Waals surface area contributed by atoms with Gasteiger partial charge in [0.05, 0.1) is 17.0 Å². The Balaban J connectivity index is 1.34. The number of rotatable bonds is 5. The molecule has 1 aliphatic heterocycles. The van der Waals surface area contributed by atoms with E-state index in [2.05, 4.69) is 4.98 Å². The number of fused-ring (bicyclic) bond motifs is 1. The number of non-ortho nitro benzene ring substituents is 1. The Bertz CT molecular complexity index is 1080. The molecule has 4 rings (SSSR count). The zero-order valence-electron chi connectivity index (χ0n) is 15.6. The molecule has 0 aliphatic carbocycles. The topological polar surface area (TPSA) is 85.6 Å². The molecule has 1 saturated heterocycles. The largest absolute Gasteiger partial charge is 0.472 e. The standard InChI is InChI=1S/C22H19N3O4/c26-22(12-7-16-5-9-18(10-6-16)25(27)28)24-14-13-19(15-24)29-21-11-8-17-3-1-2-4-20(17)23-21/h1-12,19H,13-15H2/b12-7+. The van der Waals surface area contributed by atoms with Crippen LogP contribution in [0, 0.1) is 10.1 Å². The van der Waals surface area contributed by atoms with Gasteiger partial charge < -0.3 is 9.64 Å². The first-order valence-electron chi connectivity index (χ1n) is 9.32. The van der Waals surface area contributed by atoms with Crippen molar-refractivity contribution in [1.29, 1.82) is 0 Å². The predicted molar refractivity (Wildman–Crippen MR) is 109 cm³/mol. The van der Waals surface area contributed by atoms with Crippen LogP contribution < -0.4 is 4.74 Å². The van der Waals surface area contributed by atoms with Crippen LogP contribution in [0.25, 0.3) is 17.0 Å². The highest BCUT2D eigenvalue weighted by Crippen LogP contribution is 2.21. The number of benzene rings is 2. The van der Waals surface area contributed by atoms with Crippen molar-refractivity contribution < 1.29 is 14.5 Å². The first-order valence-corrected chi connectivity index (χ1v) is 9.32. The van der Waals surface area contributed by atoms with Gasteiger partial charge in [0.25, 0.3) is 5.69 Å². The second kappa shape index (κ2) is 8.10. The number of nitro benzene ring substituents is 1. The van der Waals surface area contributed by atoms with Crippen LogP contribution in [0.5, 0.6) is 5.88 Å². The number of para-hydroxylation sites is 1. The second-order valence-corrected chi connectivity index (χ2v) is 6.84. The van der Waals surface area contributed by atoms with Crippen LogP contribution in [0.15, 0.2) is 66.7 Å². The molecule has 1 fully saturated rings. The maximum absolute atomic E-state index is 12.4. The Hall–Kier alpha value is -3.74. The molecule has 0 bridgehead atoms. The minimum Gasteiger partial charge on any atom is -0.472 e. The van der Waals surface area contributed by atoms with Crippen molar-refractivity contribution in [1.82, 2.24) is 9.88 Å². The van der Waals surface area contributed by atoms with Crippen LogP contribution in [0.4, 0.5) is 5.69 Å². The van der Waals surface area contributed by atoms with Crippen LogP contribution in [-0.2, 0) is 4.79 Å². The molecule has 29 heavy (non-hydrogen) atoms. The number of ether oxygens (including phenoxy) is 1. The van der Waals surface area contributed by atoms with E-state index in [4.69, 9.17) is 4.74 Å². The molecule has 0 radical (unpaired) electrons. The molecule has 1 amide bonds. The molecule has 3 aromatic rings. The fourth-order valence-corrected chi connectivity index (χ4v) is 3.29. The van der Waals surface area contributed by atoms with Crippen molar-refractivity contribution in [3.8, 4) is 5.88 Å².